The van der Waals surface area contributed by atoms with Gasteiger partial charge >= 0.3 is 6.09 Å². The van der Waals surface area contributed by atoms with Gasteiger partial charge in [0.05, 0.1) is 17.5 Å². The first-order valence-electron chi connectivity index (χ1n) is 12.0. The van der Waals surface area contributed by atoms with Crippen LogP contribution in [0.2, 0.25) is 0 Å². The monoisotopic (exact) mass is 543 g/mol. The molecule has 1 aliphatic rings. The Bertz CT molecular complexity index is 1430. The average Bonchev–Trinajstić information content (AvgIpc) is 2.88. The van der Waals surface area contributed by atoms with Crippen molar-refractivity contribution in [3.05, 3.63) is 60.7 Å². The molecule has 2 heterocycles. The van der Waals surface area contributed by atoms with E-state index < -0.39 is 40.2 Å². The van der Waals surface area contributed by atoms with Crippen LogP contribution >= 0.6 is 0 Å². The third-order valence-electron chi connectivity index (χ3n) is 6.03. The quantitative estimate of drug-likeness (QED) is 0.500. The van der Waals surface area contributed by atoms with Gasteiger partial charge in [-0.25, -0.2) is 27.6 Å². The Labute approximate surface area is 220 Å². The molecule has 12 heteroatoms. The molecule has 1 aliphatic heterocycles. The second-order valence-electron chi connectivity index (χ2n) is 9.90. The minimum atomic E-state index is -4.13. The highest BCUT2D eigenvalue weighted by Crippen LogP contribution is 2.34. The van der Waals surface area contributed by atoms with E-state index in [9.17, 15) is 18.3 Å². The Balaban J connectivity index is 1.64. The maximum absolute atomic E-state index is 15.1. The SMILES string of the molecule is CC(C)(C)OC(=O)N1CCN(S(=O)(=O)c2ccccc2-c2ccc(-c3cnc(N)nc3)c(F)c2)C(CO)C1. The first-order chi connectivity index (χ1) is 17.9. The molecule has 1 aromatic heterocycles. The Morgan fingerprint density at radius 3 is 2.42 bits per heavy atom. The summed E-state index contributed by atoms with van der Waals surface area (Å²) >= 11 is 0. The first kappa shape index (κ1) is 27.4. The fraction of sp³-hybridized carbons (Fsp3) is 0.346. The molecular weight excluding hydrogens is 513 g/mol. The molecular formula is C26H30FN5O5S. The van der Waals surface area contributed by atoms with E-state index in [-0.39, 0.29) is 36.0 Å². The van der Waals surface area contributed by atoms with Crippen molar-refractivity contribution in [1.29, 1.82) is 0 Å². The molecule has 4 rings (SSSR count). The average molecular weight is 544 g/mol. The summed E-state index contributed by atoms with van der Waals surface area (Å²) in [6, 6.07) is 9.81. The maximum Gasteiger partial charge on any atom is 0.410 e. The van der Waals surface area contributed by atoms with Gasteiger partial charge in [0.15, 0.2) is 0 Å². The van der Waals surface area contributed by atoms with Crippen molar-refractivity contribution in [1.82, 2.24) is 19.2 Å². The zero-order valence-electron chi connectivity index (χ0n) is 21.3. The number of piperazine rings is 1. The number of ether oxygens (including phenoxy) is 1. The number of nitrogen functional groups attached to an aromatic ring is 1. The Morgan fingerprint density at radius 2 is 1.79 bits per heavy atom. The normalized spacial score (nSPS) is 16.9. The van der Waals surface area contributed by atoms with Gasteiger partial charge in [0, 0.05) is 48.7 Å². The molecule has 2 aromatic carbocycles. The molecule has 202 valence electrons. The molecule has 0 bridgehead atoms. The number of aliphatic hydroxyl groups is 1. The van der Waals surface area contributed by atoms with E-state index in [1.807, 2.05) is 0 Å². The highest BCUT2D eigenvalue weighted by Gasteiger charge is 2.39. The molecule has 1 unspecified atom stereocenters. The van der Waals surface area contributed by atoms with Gasteiger partial charge < -0.3 is 20.5 Å². The van der Waals surface area contributed by atoms with Crippen molar-refractivity contribution in [2.75, 3.05) is 32.0 Å². The van der Waals surface area contributed by atoms with Gasteiger partial charge in [-0.3, -0.25) is 0 Å². The second-order valence-corrected chi connectivity index (χ2v) is 11.8. The molecule has 3 aromatic rings. The van der Waals surface area contributed by atoms with Crippen LogP contribution in [0.3, 0.4) is 0 Å². The lowest BCUT2D eigenvalue weighted by Gasteiger charge is -2.40. The fourth-order valence-electron chi connectivity index (χ4n) is 4.25. The van der Waals surface area contributed by atoms with Crippen LogP contribution in [0.25, 0.3) is 22.3 Å². The number of aliphatic hydroxyl groups excluding tert-OH is 1. The van der Waals surface area contributed by atoms with Crippen molar-refractivity contribution >= 4 is 22.1 Å². The number of hydrogen-bond donors (Lipinski definition) is 2. The van der Waals surface area contributed by atoms with Crippen molar-refractivity contribution in [3.63, 3.8) is 0 Å². The van der Waals surface area contributed by atoms with E-state index in [2.05, 4.69) is 9.97 Å². The summed E-state index contributed by atoms with van der Waals surface area (Å²) in [5, 5.41) is 10.0. The highest BCUT2D eigenvalue weighted by atomic mass is 32.2. The number of rotatable bonds is 5. The van der Waals surface area contributed by atoms with Gasteiger partial charge in [-0.05, 0) is 38.5 Å². The van der Waals surface area contributed by atoms with Crippen LogP contribution in [0, 0.1) is 5.82 Å². The van der Waals surface area contributed by atoms with E-state index >= 15 is 4.39 Å². The topological polar surface area (TPSA) is 139 Å². The van der Waals surface area contributed by atoms with Gasteiger partial charge in [-0.15, -0.1) is 0 Å². The maximum atomic E-state index is 15.1. The lowest BCUT2D eigenvalue weighted by atomic mass is 10.0. The van der Waals surface area contributed by atoms with Gasteiger partial charge in [-0.1, -0.05) is 30.3 Å². The van der Waals surface area contributed by atoms with E-state index in [0.29, 0.717) is 16.7 Å². The van der Waals surface area contributed by atoms with Gasteiger partial charge in [0.2, 0.25) is 16.0 Å². The molecule has 3 N–H and O–H groups in total. The number of halogens is 1. The summed E-state index contributed by atoms with van der Waals surface area (Å²) in [4.78, 5) is 21.6. The number of carbonyl (C=O) groups excluding carboxylic acids is 1. The van der Waals surface area contributed by atoms with E-state index in [1.54, 1.807) is 45.0 Å². The number of hydrogen-bond acceptors (Lipinski definition) is 8. The summed E-state index contributed by atoms with van der Waals surface area (Å²) in [6.07, 6.45) is 2.24. The van der Waals surface area contributed by atoms with Crippen LogP contribution in [0.4, 0.5) is 15.1 Å². The van der Waals surface area contributed by atoms with Crippen molar-refractivity contribution in [3.8, 4) is 22.3 Å². The summed E-state index contributed by atoms with van der Waals surface area (Å²) in [6.45, 7) is 4.76. The summed E-state index contributed by atoms with van der Waals surface area (Å²) in [5.74, 6) is -0.514. The van der Waals surface area contributed by atoms with Crippen LogP contribution in [-0.2, 0) is 14.8 Å². The third-order valence-corrected chi connectivity index (χ3v) is 8.04. The van der Waals surface area contributed by atoms with Crippen LogP contribution < -0.4 is 5.73 Å². The number of benzene rings is 2. The molecule has 38 heavy (non-hydrogen) atoms. The Morgan fingerprint density at radius 1 is 1.11 bits per heavy atom. The molecule has 10 nitrogen and oxygen atoms in total. The van der Waals surface area contributed by atoms with Crippen molar-refractivity contribution < 1.29 is 27.4 Å². The highest BCUT2D eigenvalue weighted by molar-refractivity contribution is 7.89. The molecule has 1 amide bonds. The first-order valence-corrected chi connectivity index (χ1v) is 13.4. The largest absolute Gasteiger partial charge is 0.444 e. The fourth-order valence-corrected chi connectivity index (χ4v) is 6.06. The zero-order chi connectivity index (χ0) is 27.7. The van der Waals surface area contributed by atoms with E-state index in [1.165, 1.54) is 39.8 Å². The van der Waals surface area contributed by atoms with Crippen LogP contribution in [0.15, 0.2) is 59.8 Å². The third kappa shape index (κ3) is 5.77. The van der Waals surface area contributed by atoms with Crippen LogP contribution in [0.5, 0.6) is 0 Å². The molecule has 1 fully saturated rings. The van der Waals surface area contributed by atoms with Gasteiger partial charge in [0.1, 0.15) is 11.4 Å². The van der Waals surface area contributed by atoms with Gasteiger partial charge in [0.25, 0.3) is 0 Å². The molecule has 0 saturated carbocycles. The smallest absolute Gasteiger partial charge is 0.410 e. The number of carbonyl (C=O) groups is 1. The predicted molar refractivity (Wildman–Crippen MR) is 140 cm³/mol. The lowest BCUT2D eigenvalue weighted by Crippen LogP contribution is -2.58. The summed E-state index contributed by atoms with van der Waals surface area (Å²) in [7, 11) is -4.13. The van der Waals surface area contributed by atoms with E-state index in [0.717, 1.165) is 0 Å². The van der Waals surface area contributed by atoms with Crippen LogP contribution in [0.1, 0.15) is 20.8 Å². The second kappa shape index (κ2) is 10.6. The Kier molecular flexibility index (Phi) is 7.68. The summed E-state index contributed by atoms with van der Waals surface area (Å²) in [5.41, 5.74) is 6.13. The number of sulfonamides is 1. The lowest BCUT2D eigenvalue weighted by molar-refractivity contribution is 0.00883. The number of nitrogens with two attached hydrogens (primary N) is 1. The number of amides is 1. The number of aromatic nitrogens is 2. The molecule has 0 radical (unpaired) electrons. The summed E-state index contributed by atoms with van der Waals surface area (Å²) < 4.78 is 49.3. The predicted octanol–water partition coefficient (Wildman–Crippen LogP) is 3.13. The van der Waals surface area contributed by atoms with Crippen molar-refractivity contribution in [2.24, 2.45) is 0 Å². The molecule has 1 atom stereocenters. The van der Waals surface area contributed by atoms with E-state index in [4.69, 9.17) is 10.5 Å². The van der Waals surface area contributed by atoms with Crippen molar-refractivity contribution in [2.45, 2.75) is 37.3 Å². The Hall–Kier alpha value is -3.61. The molecule has 0 aliphatic carbocycles. The minimum absolute atomic E-state index is 0.0280. The molecule has 0 spiro atoms. The minimum Gasteiger partial charge on any atom is -0.444 e. The zero-order valence-corrected chi connectivity index (χ0v) is 22.2. The number of anilines is 1. The van der Waals surface area contributed by atoms with Gasteiger partial charge in [-0.2, -0.15) is 4.31 Å². The molecule has 1 saturated heterocycles. The standard InChI is InChI=1S/C26H30FN5O5S/c1-26(2,3)37-25(34)31-10-11-32(19(15-31)16-33)38(35,36)23-7-5-4-6-21(23)17-8-9-20(22(27)12-17)18-13-29-24(28)30-14-18/h4-9,12-14,19,33H,10-11,15-16H2,1-3H3,(H2,28,29,30). The van der Waals surface area contributed by atoms with Crippen LogP contribution in [-0.4, -0.2) is 76.7 Å². The number of nitrogens with zero attached hydrogens (tertiary/aromatic N) is 4.